The van der Waals surface area contributed by atoms with Crippen molar-refractivity contribution in [2.45, 2.75) is 129 Å². The Kier molecular flexibility index (Phi) is 27.1. The molecule has 0 saturated carbocycles. The summed E-state index contributed by atoms with van der Waals surface area (Å²) in [5, 5.41) is 0.237. The minimum Gasteiger partial charge on any atom is -0.414 e. The minimum atomic E-state index is -1.67. The summed E-state index contributed by atoms with van der Waals surface area (Å²) < 4.78 is 34.0. The van der Waals surface area contributed by atoms with Crippen LogP contribution in [0.5, 0.6) is 0 Å². The third-order valence-corrected chi connectivity index (χ3v) is 11.9. The third-order valence-electron chi connectivity index (χ3n) is 7.38. The van der Waals surface area contributed by atoms with Crippen molar-refractivity contribution in [3.05, 3.63) is 0 Å². The molecule has 6 nitrogen and oxygen atoms in total. The van der Waals surface area contributed by atoms with Crippen LogP contribution in [0.3, 0.4) is 0 Å². The minimum absolute atomic E-state index is 0.237. The van der Waals surface area contributed by atoms with Gasteiger partial charge >= 0.3 is 0 Å². The summed E-state index contributed by atoms with van der Waals surface area (Å²) in [6, 6.07) is 0. The van der Waals surface area contributed by atoms with Crippen molar-refractivity contribution in [1.82, 2.24) is 0 Å². The average Bonchev–Trinajstić information content (AvgIpc) is 2.87. The Morgan fingerprint density at radius 3 is 1.03 bits per heavy atom. The fourth-order valence-corrected chi connectivity index (χ4v) is 4.80. The van der Waals surface area contributed by atoms with Gasteiger partial charge in [0.05, 0.1) is 66.1 Å². The van der Waals surface area contributed by atoms with Crippen LogP contribution in [-0.4, -0.2) is 81.0 Å². The Bertz CT molecular complexity index is 470. The van der Waals surface area contributed by atoms with Crippen LogP contribution in [0, 0.1) is 0 Å². The molecule has 0 aliphatic rings. The molecule has 0 radical (unpaired) electrons. The fourth-order valence-electron chi connectivity index (χ4n) is 3.78. The Morgan fingerprint density at radius 2 is 0.684 bits per heavy atom. The Hall–Kier alpha value is -0.0231. The molecule has 0 aliphatic heterocycles. The van der Waals surface area contributed by atoms with Gasteiger partial charge in [-0.2, -0.15) is 0 Å². The standard InChI is InChI=1S/C31H66O6Si/c1-7-8-9-10-11-12-13-14-15-16-17-18-19-20-32-21-22-33-23-24-34-25-26-35-27-28-36-29-30-37-38(5,6)31(2,3)4/h7-30H2,1-6H3. The molecule has 0 bridgehead atoms. The van der Waals surface area contributed by atoms with Crippen molar-refractivity contribution in [2.24, 2.45) is 0 Å². The fraction of sp³-hybridized carbons (Fsp3) is 1.00. The maximum Gasteiger partial charge on any atom is 0.192 e. The van der Waals surface area contributed by atoms with E-state index in [0.717, 1.165) is 13.0 Å². The summed E-state index contributed by atoms with van der Waals surface area (Å²) in [5.41, 5.74) is 0. The summed E-state index contributed by atoms with van der Waals surface area (Å²) in [5.74, 6) is 0. The van der Waals surface area contributed by atoms with E-state index in [-0.39, 0.29) is 5.04 Å². The lowest BCUT2D eigenvalue weighted by molar-refractivity contribution is -0.0131. The van der Waals surface area contributed by atoms with Crippen molar-refractivity contribution < 1.29 is 28.1 Å². The SMILES string of the molecule is CCCCCCCCCCCCCCCOCCOCCOCCOCCOCCO[Si](C)(C)C(C)(C)C. The maximum atomic E-state index is 6.09. The van der Waals surface area contributed by atoms with Crippen molar-refractivity contribution in [2.75, 3.05) is 72.7 Å². The number of hydrogen-bond donors (Lipinski definition) is 0. The molecule has 0 N–H and O–H groups in total. The molecule has 0 aromatic heterocycles. The van der Waals surface area contributed by atoms with Crippen molar-refractivity contribution in [1.29, 1.82) is 0 Å². The van der Waals surface area contributed by atoms with Gasteiger partial charge in [0.2, 0.25) is 0 Å². The van der Waals surface area contributed by atoms with Gasteiger partial charge in [-0.05, 0) is 24.6 Å². The molecular formula is C31H66O6Si. The van der Waals surface area contributed by atoms with Crippen molar-refractivity contribution in [3.8, 4) is 0 Å². The highest BCUT2D eigenvalue weighted by atomic mass is 28.4. The third kappa shape index (κ3) is 26.2. The summed E-state index contributed by atoms with van der Waals surface area (Å²) in [6.07, 6.45) is 17.9. The molecule has 230 valence electrons. The molecule has 0 saturated heterocycles. The van der Waals surface area contributed by atoms with Crippen LogP contribution in [0.2, 0.25) is 18.1 Å². The van der Waals surface area contributed by atoms with Crippen LogP contribution >= 0.6 is 0 Å². The second-order valence-electron chi connectivity index (χ2n) is 11.9. The quantitative estimate of drug-likeness (QED) is 0.0650. The van der Waals surface area contributed by atoms with E-state index in [4.69, 9.17) is 28.1 Å². The predicted molar refractivity (Wildman–Crippen MR) is 163 cm³/mol. The first-order valence-corrected chi connectivity index (χ1v) is 18.7. The van der Waals surface area contributed by atoms with Gasteiger partial charge in [-0.3, -0.25) is 0 Å². The lowest BCUT2D eigenvalue weighted by atomic mass is 10.0. The average molecular weight is 563 g/mol. The number of hydrogen-bond acceptors (Lipinski definition) is 6. The molecule has 0 spiro atoms. The topological polar surface area (TPSA) is 55.4 Å². The first-order chi connectivity index (χ1) is 18.3. The van der Waals surface area contributed by atoms with Crippen LogP contribution < -0.4 is 0 Å². The van der Waals surface area contributed by atoms with E-state index in [9.17, 15) is 0 Å². The van der Waals surface area contributed by atoms with Crippen LogP contribution in [0.4, 0.5) is 0 Å². The van der Waals surface area contributed by atoms with Crippen molar-refractivity contribution >= 4 is 8.32 Å². The first-order valence-electron chi connectivity index (χ1n) is 15.8. The van der Waals surface area contributed by atoms with E-state index in [0.29, 0.717) is 66.1 Å². The Balaban J connectivity index is 3.13. The van der Waals surface area contributed by atoms with Crippen LogP contribution in [0.1, 0.15) is 111 Å². The summed E-state index contributed by atoms with van der Waals surface area (Å²) in [4.78, 5) is 0. The zero-order valence-electron chi connectivity index (χ0n) is 26.4. The summed E-state index contributed by atoms with van der Waals surface area (Å²) in [7, 11) is -1.67. The van der Waals surface area contributed by atoms with Crippen LogP contribution in [-0.2, 0) is 28.1 Å². The molecule has 0 amide bonds. The number of unbranched alkanes of at least 4 members (excludes halogenated alkanes) is 12. The second-order valence-corrected chi connectivity index (χ2v) is 16.7. The molecule has 0 rings (SSSR count). The van der Waals surface area contributed by atoms with E-state index >= 15 is 0 Å². The molecule has 0 unspecified atom stereocenters. The van der Waals surface area contributed by atoms with Crippen LogP contribution in [0.25, 0.3) is 0 Å². The van der Waals surface area contributed by atoms with E-state index in [1.54, 1.807) is 0 Å². The predicted octanol–water partition coefficient (Wildman–Crippen LogP) is 8.18. The number of rotatable bonds is 30. The number of ether oxygens (including phenoxy) is 5. The molecule has 0 atom stereocenters. The maximum absolute atomic E-state index is 6.09. The smallest absolute Gasteiger partial charge is 0.192 e. The molecule has 0 aromatic rings. The van der Waals surface area contributed by atoms with Gasteiger partial charge in [0.25, 0.3) is 0 Å². The van der Waals surface area contributed by atoms with Gasteiger partial charge in [0.15, 0.2) is 8.32 Å². The van der Waals surface area contributed by atoms with E-state index in [2.05, 4.69) is 40.8 Å². The lowest BCUT2D eigenvalue weighted by Gasteiger charge is -2.36. The van der Waals surface area contributed by atoms with Gasteiger partial charge in [-0.15, -0.1) is 0 Å². The van der Waals surface area contributed by atoms with Gasteiger partial charge in [-0.25, -0.2) is 0 Å². The van der Waals surface area contributed by atoms with E-state index < -0.39 is 8.32 Å². The van der Waals surface area contributed by atoms with Crippen LogP contribution in [0.15, 0.2) is 0 Å². The molecule has 0 aliphatic carbocycles. The summed E-state index contributed by atoms with van der Waals surface area (Å²) in [6.45, 7) is 20.5. The second kappa shape index (κ2) is 27.2. The highest BCUT2D eigenvalue weighted by molar-refractivity contribution is 6.74. The molecule has 0 heterocycles. The summed E-state index contributed by atoms with van der Waals surface area (Å²) >= 11 is 0. The molecule has 38 heavy (non-hydrogen) atoms. The normalized spacial score (nSPS) is 12.5. The highest BCUT2D eigenvalue weighted by Crippen LogP contribution is 2.36. The first kappa shape index (κ1) is 38.0. The van der Waals surface area contributed by atoms with Gasteiger partial charge in [0.1, 0.15) is 0 Å². The highest BCUT2D eigenvalue weighted by Gasteiger charge is 2.36. The Morgan fingerprint density at radius 1 is 0.395 bits per heavy atom. The molecule has 0 aromatic carbocycles. The lowest BCUT2D eigenvalue weighted by Crippen LogP contribution is -2.41. The van der Waals surface area contributed by atoms with Gasteiger partial charge < -0.3 is 28.1 Å². The van der Waals surface area contributed by atoms with E-state index in [1.165, 1.54) is 77.0 Å². The van der Waals surface area contributed by atoms with Gasteiger partial charge in [0, 0.05) is 6.61 Å². The molecule has 7 heteroatoms. The largest absolute Gasteiger partial charge is 0.414 e. The van der Waals surface area contributed by atoms with Gasteiger partial charge in [-0.1, -0.05) is 105 Å². The zero-order chi connectivity index (χ0) is 28.2. The monoisotopic (exact) mass is 562 g/mol. The van der Waals surface area contributed by atoms with E-state index in [1.807, 2.05) is 0 Å². The molecular weight excluding hydrogens is 496 g/mol. The Labute approximate surface area is 238 Å². The van der Waals surface area contributed by atoms with Crippen molar-refractivity contribution in [3.63, 3.8) is 0 Å². The zero-order valence-corrected chi connectivity index (χ0v) is 27.4. The molecule has 0 fully saturated rings.